The fourth-order valence-electron chi connectivity index (χ4n) is 1.87. The summed E-state index contributed by atoms with van der Waals surface area (Å²) in [4.78, 5) is 13.3. The summed E-state index contributed by atoms with van der Waals surface area (Å²) in [6, 6.07) is 11.1. The SMILES string of the molecule is [2H]C1([2H])N(C)C([2H])([2H])C([2H])([2H])N(C(=O)Nc2ccccc2Oc2ccc(Cl)cc2)C1([2H])[2H]. The average Bonchev–Trinajstić information content (AvgIpc) is 2.69. The molecule has 6 heteroatoms. The van der Waals surface area contributed by atoms with Gasteiger partial charge in [-0.1, -0.05) is 23.7 Å². The number of para-hydroxylation sites is 2. The Morgan fingerprint density at radius 1 is 1.12 bits per heavy atom. The number of nitrogens with zero attached hydrogens (tertiary/aromatic N) is 2. The van der Waals surface area contributed by atoms with Crippen molar-refractivity contribution in [2.75, 3.05) is 38.4 Å². The van der Waals surface area contributed by atoms with Crippen molar-refractivity contribution in [1.29, 1.82) is 0 Å². The molecular weight excluding hydrogens is 326 g/mol. The van der Waals surface area contributed by atoms with Crippen LogP contribution in [0.25, 0.3) is 0 Å². The number of hydrogen-bond donors (Lipinski definition) is 1. The molecule has 0 bridgehead atoms. The molecule has 1 N–H and O–H groups in total. The number of urea groups is 1. The van der Waals surface area contributed by atoms with E-state index in [1.165, 1.54) is 12.1 Å². The van der Waals surface area contributed by atoms with Crippen LogP contribution in [0.3, 0.4) is 0 Å². The van der Waals surface area contributed by atoms with Gasteiger partial charge in [0.25, 0.3) is 0 Å². The van der Waals surface area contributed by atoms with Gasteiger partial charge in [-0.05, 0) is 43.4 Å². The van der Waals surface area contributed by atoms with Gasteiger partial charge in [0.15, 0.2) is 5.75 Å². The minimum atomic E-state index is -3.23. The molecule has 0 radical (unpaired) electrons. The summed E-state index contributed by atoms with van der Waals surface area (Å²) in [7, 11) is 0.917. The normalized spacial score (nSPS) is 28.5. The molecule has 2 aromatic carbocycles. The van der Waals surface area contributed by atoms with Crippen LogP contribution in [0.2, 0.25) is 5.02 Å². The first-order chi connectivity index (χ1) is 14.6. The van der Waals surface area contributed by atoms with Crippen LogP contribution >= 0.6 is 11.6 Å². The van der Waals surface area contributed by atoms with Crippen molar-refractivity contribution >= 4 is 23.3 Å². The molecule has 3 rings (SSSR count). The first kappa shape index (κ1) is 9.30. The molecule has 0 aromatic heterocycles. The van der Waals surface area contributed by atoms with E-state index in [0.717, 1.165) is 7.05 Å². The summed E-state index contributed by atoms with van der Waals surface area (Å²) in [5.41, 5.74) is 0.0408. The highest BCUT2D eigenvalue weighted by molar-refractivity contribution is 6.30. The number of halogens is 1. The van der Waals surface area contributed by atoms with E-state index in [0.29, 0.717) is 15.7 Å². The Morgan fingerprint density at radius 3 is 2.50 bits per heavy atom. The fraction of sp³-hybridized carbons (Fsp3) is 0.278. The van der Waals surface area contributed by atoms with Crippen molar-refractivity contribution in [2.45, 2.75) is 0 Å². The summed E-state index contributed by atoms with van der Waals surface area (Å²) >= 11 is 5.86. The van der Waals surface area contributed by atoms with E-state index in [1.807, 2.05) is 0 Å². The van der Waals surface area contributed by atoms with E-state index in [1.54, 1.807) is 36.4 Å². The Labute approximate surface area is 158 Å². The zero-order valence-corrected chi connectivity index (χ0v) is 13.5. The highest BCUT2D eigenvalue weighted by Gasteiger charge is 2.20. The van der Waals surface area contributed by atoms with Crippen LogP contribution in [-0.2, 0) is 0 Å². The number of anilines is 1. The summed E-state index contributed by atoms with van der Waals surface area (Å²) in [6.45, 7) is -12.5. The highest BCUT2D eigenvalue weighted by atomic mass is 35.5. The van der Waals surface area contributed by atoms with Crippen molar-refractivity contribution in [3.63, 3.8) is 0 Å². The standard InChI is InChI=1S/C18H20ClN3O2/c1-21-10-12-22(13-11-21)18(23)20-16-4-2-3-5-17(16)24-15-8-6-14(19)7-9-15/h2-9H,10-13H2,1H3,(H,20,23)/i10D2,11D2,12D2,13D2. The Kier molecular flexibility index (Phi) is 2.93. The number of carbonyl (C=O) groups excluding carboxylic acids is 1. The molecule has 1 heterocycles. The number of nitrogens with one attached hydrogen (secondary N) is 1. The molecule has 126 valence electrons. The van der Waals surface area contributed by atoms with Gasteiger partial charge in [-0.2, -0.15) is 0 Å². The molecule has 1 fully saturated rings. The van der Waals surface area contributed by atoms with Crippen LogP contribution in [-0.4, -0.2) is 48.9 Å². The number of carbonyl (C=O) groups is 1. The summed E-state index contributed by atoms with van der Waals surface area (Å²) in [6.07, 6.45) is 0. The zero-order valence-electron chi connectivity index (χ0n) is 20.7. The molecule has 0 aliphatic carbocycles. The second-order valence-electron chi connectivity index (χ2n) is 4.82. The highest BCUT2D eigenvalue weighted by Crippen LogP contribution is 2.30. The number of likely N-dealkylation sites (N-methyl/N-ethyl adjacent to an activating group) is 1. The van der Waals surface area contributed by atoms with Gasteiger partial charge in [-0.3, -0.25) is 0 Å². The summed E-state index contributed by atoms with van der Waals surface area (Å²) in [5.74, 6) is 0.526. The van der Waals surface area contributed by atoms with Gasteiger partial charge in [0.1, 0.15) is 5.75 Å². The van der Waals surface area contributed by atoms with E-state index < -0.39 is 32.0 Å². The Balaban J connectivity index is 1.96. The van der Waals surface area contributed by atoms with Crippen molar-refractivity contribution in [3.05, 3.63) is 53.6 Å². The molecule has 0 spiro atoms. The van der Waals surface area contributed by atoms with Crippen molar-refractivity contribution in [2.24, 2.45) is 0 Å². The van der Waals surface area contributed by atoms with Gasteiger partial charge < -0.3 is 19.9 Å². The molecule has 5 nitrogen and oxygen atoms in total. The first-order valence-corrected chi connectivity index (χ1v) is 7.39. The van der Waals surface area contributed by atoms with Crippen LogP contribution in [0.1, 0.15) is 11.0 Å². The van der Waals surface area contributed by atoms with Crippen molar-refractivity contribution in [3.8, 4) is 11.5 Å². The number of rotatable bonds is 3. The third kappa shape index (κ3) is 4.19. The minimum Gasteiger partial charge on any atom is -0.455 e. The second kappa shape index (κ2) is 7.55. The molecule has 0 saturated carbocycles. The molecule has 1 aliphatic heterocycles. The van der Waals surface area contributed by atoms with Crippen LogP contribution in [0.15, 0.2) is 48.5 Å². The number of amides is 2. The summed E-state index contributed by atoms with van der Waals surface area (Å²) in [5, 5.41) is 2.81. The molecule has 2 amide bonds. The van der Waals surface area contributed by atoms with Crippen LogP contribution in [0.5, 0.6) is 11.5 Å². The molecule has 1 saturated heterocycles. The molecule has 1 aliphatic rings. The van der Waals surface area contributed by atoms with Gasteiger partial charge >= 0.3 is 6.03 Å². The topological polar surface area (TPSA) is 44.8 Å². The maximum Gasteiger partial charge on any atom is 0.322 e. The largest absolute Gasteiger partial charge is 0.455 e. The minimum absolute atomic E-state index is 0.0408. The molecule has 2 aromatic rings. The Hall–Kier alpha value is -2.24. The van der Waals surface area contributed by atoms with E-state index in [9.17, 15) is 4.79 Å². The van der Waals surface area contributed by atoms with Crippen LogP contribution in [0, 0.1) is 0 Å². The quantitative estimate of drug-likeness (QED) is 0.909. The van der Waals surface area contributed by atoms with Gasteiger partial charge in [-0.15, -0.1) is 0 Å². The predicted octanol–water partition coefficient (Wildman–Crippen LogP) is 3.91. The monoisotopic (exact) mass is 353 g/mol. The predicted molar refractivity (Wildman–Crippen MR) is 96.1 cm³/mol. The van der Waals surface area contributed by atoms with Crippen LogP contribution < -0.4 is 10.1 Å². The number of hydrogen-bond acceptors (Lipinski definition) is 3. The maximum absolute atomic E-state index is 13.0. The third-order valence-electron chi connectivity index (χ3n) is 3.03. The van der Waals surface area contributed by atoms with Gasteiger partial charge in [0, 0.05) is 36.5 Å². The van der Waals surface area contributed by atoms with Crippen molar-refractivity contribution in [1.82, 2.24) is 9.80 Å². The fourth-order valence-corrected chi connectivity index (χ4v) is 1.99. The molecular formula is C18H20ClN3O2. The Morgan fingerprint density at radius 2 is 1.79 bits per heavy atom. The second-order valence-corrected chi connectivity index (χ2v) is 5.26. The van der Waals surface area contributed by atoms with Gasteiger partial charge in [0.2, 0.25) is 0 Å². The van der Waals surface area contributed by atoms with E-state index in [2.05, 4.69) is 5.32 Å². The lowest BCUT2D eigenvalue weighted by molar-refractivity contribution is 0.164. The third-order valence-corrected chi connectivity index (χ3v) is 3.28. The van der Waals surface area contributed by atoms with E-state index in [4.69, 9.17) is 27.3 Å². The Bertz CT molecular complexity index is 992. The lowest BCUT2D eigenvalue weighted by Gasteiger charge is -2.32. The lowest BCUT2D eigenvalue weighted by Crippen LogP contribution is -2.48. The number of piperazine rings is 1. The average molecular weight is 354 g/mol. The molecule has 24 heavy (non-hydrogen) atoms. The van der Waals surface area contributed by atoms with Gasteiger partial charge in [-0.25, -0.2) is 4.79 Å². The van der Waals surface area contributed by atoms with E-state index in [-0.39, 0.29) is 16.3 Å². The van der Waals surface area contributed by atoms with E-state index >= 15 is 0 Å². The summed E-state index contributed by atoms with van der Waals surface area (Å²) < 4.78 is 70.5. The zero-order chi connectivity index (χ0) is 24.1. The number of benzene rings is 2. The maximum atomic E-state index is 13.0. The molecule has 0 atom stereocenters. The first-order valence-electron chi connectivity index (χ1n) is 11.0. The van der Waals surface area contributed by atoms with Crippen LogP contribution in [0.4, 0.5) is 10.5 Å². The van der Waals surface area contributed by atoms with Crippen molar-refractivity contribution < 1.29 is 20.5 Å². The number of ether oxygens (including phenoxy) is 1. The lowest BCUT2D eigenvalue weighted by atomic mass is 10.3. The molecule has 0 unspecified atom stereocenters. The van der Waals surface area contributed by atoms with Gasteiger partial charge in [0.05, 0.1) is 11.2 Å². The smallest absolute Gasteiger partial charge is 0.322 e.